The van der Waals surface area contributed by atoms with E-state index in [1.165, 1.54) is 5.56 Å². The fraction of sp³-hybridized carbons (Fsp3) is 0.250. The van der Waals surface area contributed by atoms with E-state index in [0.29, 0.717) is 11.4 Å². The molecule has 0 aliphatic carbocycles. The van der Waals surface area contributed by atoms with Gasteiger partial charge in [-0.2, -0.15) is 0 Å². The van der Waals surface area contributed by atoms with Crippen molar-refractivity contribution in [1.29, 1.82) is 0 Å². The Bertz CT molecular complexity index is 468. The highest BCUT2D eigenvalue weighted by atomic mass is 35.5. The van der Waals surface area contributed by atoms with Crippen molar-refractivity contribution in [2.24, 2.45) is 0 Å². The first-order valence-electron chi connectivity index (χ1n) is 6.12. The lowest BCUT2D eigenvalue weighted by atomic mass is 9.84. The normalized spacial score (nSPS) is 14.2. The number of benzene rings is 2. The van der Waals surface area contributed by atoms with Crippen molar-refractivity contribution in [2.45, 2.75) is 25.9 Å². The van der Waals surface area contributed by atoms with Crippen LogP contribution in [0.15, 0.2) is 48.5 Å². The van der Waals surface area contributed by atoms with E-state index < -0.39 is 5.60 Å². The van der Waals surface area contributed by atoms with E-state index in [2.05, 4.69) is 0 Å². The SMILES string of the molecule is CCC(O)(c1ccc(C)cc1)c1ccc(Cl)cc1. The maximum Gasteiger partial charge on any atom is 0.114 e. The summed E-state index contributed by atoms with van der Waals surface area (Å²) >= 11 is 5.89. The average molecular weight is 261 g/mol. The third-order valence-electron chi connectivity index (χ3n) is 3.36. The Kier molecular flexibility index (Phi) is 3.74. The van der Waals surface area contributed by atoms with Gasteiger partial charge in [-0.1, -0.05) is 60.5 Å². The Labute approximate surface area is 113 Å². The average Bonchev–Trinajstić information content (AvgIpc) is 2.39. The van der Waals surface area contributed by atoms with Crippen LogP contribution in [0.3, 0.4) is 0 Å². The summed E-state index contributed by atoms with van der Waals surface area (Å²) in [6, 6.07) is 15.4. The lowest BCUT2D eigenvalue weighted by Crippen LogP contribution is -2.26. The summed E-state index contributed by atoms with van der Waals surface area (Å²) in [5, 5.41) is 11.6. The minimum Gasteiger partial charge on any atom is -0.380 e. The van der Waals surface area contributed by atoms with Crippen LogP contribution in [0.2, 0.25) is 5.02 Å². The van der Waals surface area contributed by atoms with Crippen molar-refractivity contribution in [3.8, 4) is 0 Å². The van der Waals surface area contributed by atoms with Crippen LogP contribution < -0.4 is 0 Å². The molecule has 2 aromatic rings. The van der Waals surface area contributed by atoms with Gasteiger partial charge < -0.3 is 5.11 Å². The Morgan fingerprint density at radius 2 is 1.39 bits per heavy atom. The van der Waals surface area contributed by atoms with Gasteiger partial charge in [0, 0.05) is 5.02 Å². The molecule has 1 unspecified atom stereocenters. The van der Waals surface area contributed by atoms with Crippen LogP contribution in [0.5, 0.6) is 0 Å². The van der Waals surface area contributed by atoms with Gasteiger partial charge in [0.25, 0.3) is 0 Å². The van der Waals surface area contributed by atoms with Crippen LogP contribution in [0.1, 0.15) is 30.0 Å². The summed E-state index contributed by atoms with van der Waals surface area (Å²) in [6.07, 6.45) is 0.623. The minimum atomic E-state index is -0.946. The monoisotopic (exact) mass is 260 g/mol. The lowest BCUT2D eigenvalue weighted by Gasteiger charge is -2.28. The van der Waals surface area contributed by atoms with Crippen molar-refractivity contribution in [2.75, 3.05) is 0 Å². The molecular weight excluding hydrogens is 244 g/mol. The van der Waals surface area contributed by atoms with Gasteiger partial charge in [-0.05, 0) is 36.6 Å². The molecule has 0 radical (unpaired) electrons. The second-order valence-corrected chi connectivity index (χ2v) is 5.02. The predicted molar refractivity (Wildman–Crippen MR) is 75.9 cm³/mol. The summed E-state index contributed by atoms with van der Waals surface area (Å²) in [5.74, 6) is 0. The zero-order valence-corrected chi connectivity index (χ0v) is 11.4. The molecule has 0 aromatic heterocycles. The number of hydrogen-bond acceptors (Lipinski definition) is 1. The number of aryl methyl sites for hydroxylation is 1. The van der Waals surface area contributed by atoms with Gasteiger partial charge in [0.1, 0.15) is 5.60 Å². The summed E-state index contributed by atoms with van der Waals surface area (Å²) in [4.78, 5) is 0. The van der Waals surface area contributed by atoms with Crippen LogP contribution >= 0.6 is 11.6 Å². The molecule has 18 heavy (non-hydrogen) atoms. The predicted octanol–water partition coefficient (Wildman–Crippen LogP) is 4.29. The summed E-state index contributed by atoms with van der Waals surface area (Å²) in [7, 11) is 0. The number of aliphatic hydroxyl groups is 1. The molecule has 0 bridgehead atoms. The first-order valence-corrected chi connectivity index (χ1v) is 6.49. The highest BCUT2D eigenvalue weighted by Crippen LogP contribution is 2.33. The fourth-order valence-corrected chi connectivity index (χ4v) is 2.26. The van der Waals surface area contributed by atoms with Crippen LogP contribution in [-0.2, 0) is 5.60 Å². The van der Waals surface area contributed by atoms with Crippen LogP contribution in [0, 0.1) is 6.92 Å². The largest absolute Gasteiger partial charge is 0.380 e. The van der Waals surface area contributed by atoms with E-state index in [-0.39, 0.29) is 0 Å². The van der Waals surface area contributed by atoms with Crippen molar-refractivity contribution in [3.63, 3.8) is 0 Å². The molecule has 0 heterocycles. The van der Waals surface area contributed by atoms with Crippen molar-refractivity contribution in [3.05, 3.63) is 70.2 Å². The molecule has 2 aromatic carbocycles. The molecule has 0 saturated carbocycles. The second-order valence-electron chi connectivity index (χ2n) is 4.59. The number of hydrogen-bond donors (Lipinski definition) is 1. The molecule has 2 heteroatoms. The third-order valence-corrected chi connectivity index (χ3v) is 3.61. The van der Waals surface area contributed by atoms with E-state index in [4.69, 9.17) is 11.6 Å². The van der Waals surface area contributed by atoms with Gasteiger partial charge in [-0.15, -0.1) is 0 Å². The zero-order valence-electron chi connectivity index (χ0n) is 10.7. The molecule has 1 N–H and O–H groups in total. The maximum absolute atomic E-state index is 10.9. The van der Waals surface area contributed by atoms with E-state index in [1.54, 1.807) is 0 Å². The molecular formula is C16H17ClO. The molecule has 0 amide bonds. The van der Waals surface area contributed by atoms with Crippen LogP contribution in [0.4, 0.5) is 0 Å². The molecule has 0 spiro atoms. The van der Waals surface area contributed by atoms with Gasteiger partial charge in [-0.3, -0.25) is 0 Å². The van der Waals surface area contributed by atoms with Crippen LogP contribution in [0.25, 0.3) is 0 Å². The molecule has 1 nitrogen and oxygen atoms in total. The van der Waals surface area contributed by atoms with E-state index in [0.717, 1.165) is 11.1 Å². The zero-order chi connectivity index (χ0) is 13.2. The van der Waals surface area contributed by atoms with Crippen molar-refractivity contribution < 1.29 is 5.11 Å². The van der Waals surface area contributed by atoms with Gasteiger partial charge >= 0.3 is 0 Å². The first-order chi connectivity index (χ1) is 8.56. The smallest absolute Gasteiger partial charge is 0.114 e. The highest BCUT2D eigenvalue weighted by molar-refractivity contribution is 6.30. The molecule has 94 valence electrons. The van der Waals surface area contributed by atoms with E-state index >= 15 is 0 Å². The minimum absolute atomic E-state index is 0.623. The Morgan fingerprint density at radius 3 is 1.83 bits per heavy atom. The van der Waals surface area contributed by atoms with Gasteiger partial charge in [0.2, 0.25) is 0 Å². The summed E-state index contributed by atoms with van der Waals surface area (Å²) in [5.41, 5.74) is 2.03. The molecule has 2 rings (SSSR count). The summed E-state index contributed by atoms with van der Waals surface area (Å²) in [6.45, 7) is 4.02. The lowest BCUT2D eigenvalue weighted by molar-refractivity contribution is 0.0765. The Morgan fingerprint density at radius 1 is 0.944 bits per heavy atom. The topological polar surface area (TPSA) is 20.2 Å². The van der Waals surface area contributed by atoms with Gasteiger partial charge in [-0.25, -0.2) is 0 Å². The molecule has 0 aliphatic rings. The molecule has 0 saturated heterocycles. The molecule has 0 fully saturated rings. The van der Waals surface area contributed by atoms with Gasteiger partial charge in [0.15, 0.2) is 0 Å². The van der Waals surface area contributed by atoms with E-state index in [1.807, 2.05) is 62.4 Å². The maximum atomic E-state index is 10.9. The third kappa shape index (κ3) is 2.43. The molecule has 1 atom stereocenters. The van der Waals surface area contributed by atoms with Crippen molar-refractivity contribution >= 4 is 11.6 Å². The second kappa shape index (κ2) is 5.13. The highest BCUT2D eigenvalue weighted by Gasteiger charge is 2.29. The van der Waals surface area contributed by atoms with Gasteiger partial charge in [0.05, 0.1) is 0 Å². The Hall–Kier alpha value is -1.31. The Balaban J connectivity index is 2.47. The summed E-state index contributed by atoms with van der Waals surface area (Å²) < 4.78 is 0. The van der Waals surface area contributed by atoms with Crippen LogP contribution in [-0.4, -0.2) is 5.11 Å². The quantitative estimate of drug-likeness (QED) is 0.873. The van der Waals surface area contributed by atoms with E-state index in [9.17, 15) is 5.11 Å². The standard InChI is InChI=1S/C16H17ClO/c1-3-16(18,13-6-4-12(2)5-7-13)14-8-10-15(17)11-9-14/h4-11,18H,3H2,1-2H3. The number of rotatable bonds is 3. The fourth-order valence-electron chi connectivity index (χ4n) is 2.13. The molecule has 0 aliphatic heterocycles. The number of halogens is 1. The first kappa shape index (κ1) is 13.1. The van der Waals surface area contributed by atoms with Crippen molar-refractivity contribution in [1.82, 2.24) is 0 Å².